The quantitative estimate of drug-likeness (QED) is 0.881. The molecule has 1 aliphatic heterocycles. The van der Waals surface area contributed by atoms with Gasteiger partial charge in [0.1, 0.15) is 0 Å². The summed E-state index contributed by atoms with van der Waals surface area (Å²) in [6.45, 7) is 4.08. The average molecular weight is 268 g/mol. The van der Waals surface area contributed by atoms with Crippen molar-refractivity contribution in [3.63, 3.8) is 0 Å². The van der Waals surface area contributed by atoms with Gasteiger partial charge in [-0.1, -0.05) is 12.1 Å². The topological polar surface area (TPSA) is 49.4 Å². The lowest BCUT2D eigenvalue weighted by atomic mass is 10.3. The molecule has 1 fully saturated rings. The van der Waals surface area contributed by atoms with E-state index < -0.39 is 9.84 Å². The van der Waals surface area contributed by atoms with Gasteiger partial charge in [0.25, 0.3) is 0 Å². The zero-order valence-electron chi connectivity index (χ0n) is 10.7. The maximum absolute atomic E-state index is 11.6. The van der Waals surface area contributed by atoms with E-state index in [9.17, 15) is 8.42 Å². The lowest BCUT2D eigenvalue weighted by molar-refractivity contribution is 0.352. The molecule has 0 amide bonds. The summed E-state index contributed by atoms with van der Waals surface area (Å²) in [4.78, 5) is 2.78. The van der Waals surface area contributed by atoms with Crippen LogP contribution in [0.3, 0.4) is 0 Å². The molecule has 1 N–H and O–H groups in total. The van der Waals surface area contributed by atoms with Crippen molar-refractivity contribution in [2.24, 2.45) is 0 Å². The van der Waals surface area contributed by atoms with Crippen molar-refractivity contribution in [2.45, 2.75) is 17.7 Å². The smallest absolute Gasteiger partial charge is 0.177 e. The van der Waals surface area contributed by atoms with E-state index in [0.717, 1.165) is 26.2 Å². The molecule has 100 valence electrons. The van der Waals surface area contributed by atoms with Gasteiger partial charge in [0.15, 0.2) is 9.84 Å². The monoisotopic (exact) mass is 268 g/mol. The number of para-hydroxylation sites is 1. The first-order valence-corrected chi connectivity index (χ1v) is 8.22. The van der Waals surface area contributed by atoms with Crippen molar-refractivity contribution >= 4 is 15.5 Å². The molecule has 1 aromatic carbocycles. The maximum atomic E-state index is 11.6. The van der Waals surface area contributed by atoms with Crippen LogP contribution in [0.1, 0.15) is 12.8 Å². The SMILES string of the molecule is CS(=O)(=O)c1ccccc1NCCN1CCCC1. The molecule has 0 atom stereocenters. The van der Waals surface area contributed by atoms with Crippen LogP contribution in [0, 0.1) is 0 Å². The number of sulfone groups is 1. The summed E-state index contributed by atoms with van der Waals surface area (Å²) in [5.41, 5.74) is 0.708. The Morgan fingerprint density at radius 2 is 1.89 bits per heavy atom. The molecule has 0 saturated carbocycles. The third kappa shape index (κ3) is 3.46. The van der Waals surface area contributed by atoms with Gasteiger partial charge < -0.3 is 10.2 Å². The molecule has 1 heterocycles. The van der Waals surface area contributed by atoms with Gasteiger partial charge in [0.2, 0.25) is 0 Å². The van der Waals surface area contributed by atoms with E-state index in [0.29, 0.717) is 10.6 Å². The normalized spacial score (nSPS) is 16.9. The first kappa shape index (κ1) is 13.4. The number of hydrogen-bond donors (Lipinski definition) is 1. The van der Waals surface area contributed by atoms with E-state index in [1.165, 1.54) is 19.1 Å². The zero-order chi connectivity index (χ0) is 13.0. The molecule has 0 bridgehead atoms. The van der Waals surface area contributed by atoms with E-state index in [1.54, 1.807) is 12.1 Å². The summed E-state index contributed by atoms with van der Waals surface area (Å²) in [6.07, 6.45) is 3.80. The summed E-state index contributed by atoms with van der Waals surface area (Å²) in [5, 5.41) is 3.23. The maximum Gasteiger partial charge on any atom is 0.177 e. The second-order valence-electron chi connectivity index (χ2n) is 4.74. The van der Waals surface area contributed by atoms with Gasteiger partial charge in [-0.15, -0.1) is 0 Å². The molecule has 0 aromatic heterocycles. The van der Waals surface area contributed by atoms with Gasteiger partial charge in [-0.2, -0.15) is 0 Å². The molecule has 0 aliphatic carbocycles. The van der Waals surface area contributed by atoms with Gasteiger partial charge in [-0.05, 0) is 38.1 Å². The summed E-state index contributed by atoms with van der Waals surface area (Å²) < 4.78 is 23.2. The number of hydrogen-bond acceptors (Lipinski definition) is 4. The minimum absolute atomic E-state index is 0.381. The van der Waals surface area contributed by atoms with E-state index >= 15 is 0 Å². The summed E-state index contributed by atoms with van der Waals surface area (Å²) in [6, 6.07) is 7.07. The van der Waals surface area contributed by atoms with E-state index in [4.69, 9.17) is 0 Å². The van der Waals surface area contributed by atoms with Gasteiger partial charge in [-0.25, -0.2) is 8.42 Å². The molecule has 1 aromatic rings. The third-order valence-corrected chi connectivity index (χ3v) is 4.38. The molecular formula is C13H20N2O2S. The molecule has 4 nitrogen and oxygen atoms in total. The van der Waals surface area contributed by atoms with Gasteiger partial charge in [-0.3, -0.25) is 0 Å². The van der Waals surface area contributed by atoms with Crippen molar-refractivity contribution in [3.8, 4) is 0 Å². The molecule has 5 heteroatoms. The van der Waals surface area contributed by atoms with Crippen molar-refractivity contribution in [1.29, 1.82) is 0 Å². The number of nitrogens with zero attached hydrogens (tertiary/aromatic N) is 1. The van der Waals surface area contributed by atoms with Crippen LogP contribution in [0.4, 0.5) is 5.69 Å². The summed E-state index contributed by atoms with van der Waals surface area (Å²) in [5.74, 6) is 0. The summed E-state index contributed by atoms with van der Waals surface area (Å²) in [7, 11) is -3.16. The number of anilines is 1. The highest BCUT2D eigenvalue weighted by Gasteiger charge is 2.13. The molecule has 0 spiro atoms. The minimum atomic E-state index is -3.16. The molecule has 18 heavy (non-hydrogen) atoms. The molecule has 0 radical (unpaired) electrons. The highest BCUT2D eigenvalue weighted by molar-refractivity contribution is 7.90. The Hall–Kier alpha value is -1.07. The summed E-state index contributed by atoms with van der Waals surface area (Å²) >= 11 is 0. The van der Waals surface area contributed by atoms with Crippen LogP contribution in [-0.2, 0) is 9.84 Å². The Morgan fingerprint density at radius 3 is 2.56 bits per heavy atom. The fourth-order valence-electron chi connectivity index (χ4n) is 2.29. The van der Waals surface area contributed by atoms with Crippen LogP contribution >= 0.6 is 0 Å². The zero-order valence-corrected chi connectivity index (χ0v) is 11.5. The predicted octanol–water partition coefficient (Wildman–Crippen LogP) is 1.60. The lowest BCUT2D eigenvalue weighted by Crippen LogP contribution is -2.26. The van der Waals surface area contributed by atoms with Gasteiger partial charge in [0.05, 0.1) is 10.6 Å². The van der Waals surface area contributed by atoms with Crippen molar-refractivity contribution < 1.29 is 8.42 Å². The Labute approximate surface area is 109 Å². The fourth-order valence-corrected chi connectivity index (χ4v) is 3.16. The number of nitrogens with one attached hydrogen (secondary N) is 1. The Kier molecular flexibility index (Phi) is 4.24. The van der Waals surface area contributed by atoms with Crippen LogP contribution in [0.5, 0.6) is 0 Å². The Balaban J connectivity index is 1.96. The van der Waals surface area contributed by atoms with Crippen LogP contribution in [-0.4, -0.2) is 45.8 Å². The van der Waals surface area contributed by atoms with Crippen LogP contribution in [0.15, 0.2) is 29.2 Å². The molecule has 1 saturated heterocycles. The number of rotatable bonds is 5. The standard InChI is InChI=1S/C13H20N2O2S/c1-18(16,17)13-7-3-2-6-12(13)14-8-11-15-9-4-5-10-15/h2-3,6-7,14H,4-5,8-11H2,1H3. The van der Waals surface area contributed by atoms with Gasteiger partial charge >= 0.3 is 0 Å². The highest BCUT2D eigenvalue weighted by atomic mass is 32.2. The third-order valence-electron chi connectivity index (χ3n) is 3.23. The lowest BCUT2D eigenvalue weighted by Gasteiger charge is -2.16. The number of likely N-dealkylation sites (tertiary alicyclic amines) is 1. The highest BCUT2D eigenvalue weighted by Crippen LogP contribution is 2.20. The molecule has 0 unspecified atom stereocenters. The molecule has 1 aliphatic rings. The first-order chi connectivity index (χ1) is 8.57. The first-order valence-electron chi connectivity index (χ1n) is 6.33. The minimum Gasteiger partial charge on any atom is -0.383 e. The van der Waals surface area contributed by atoms with Crippen LogP contribution in [0.25, 0.3) is 0 Å². The fraction of sp³-hybridized carbons (Fsp3) is 0.538. The average Bonchev–Trinajstić information content (AvgIpc) is 2.81. The van der Waals surface area contributed by atoms with Crippen molar-refractivity contribution in [2.75, 3.05) is 37.8 Å². The second-order valence-corrected chi connectivity index (χ2v) is 6.73. The van der Waals surface area contributed by atoms with Gasteiger partial charge in [0, 0.05) is 19.3 Å². The van der Waals surface area contributed by atoms with Crippen molar-refractivity contribution in [1.82, 2.24) is 4.90 Å². The van der Waals surface area contributed by atoms with E-state index in [2.05, 4.69) is 10.2 Å². The van der Waals surface area contributed by atoms with E-state index in [-0.39, 0.29) is 0 Å². The van der Waals surface area contributed by atoms with Crippen molar-refractivity contribution in [3.05, 3.63) is 24.3 Å². The Morgan fingerprint density at radius 1 is 1.22 bits per heavy atom. The predicted molar refractivity (Wildman–Crippen MR) is 73.7 cm³/mol. The molecule has 2 rings (SSSR count). The largest absolute Gasteiger partial charge is 0.383 e. The Bertz CT molecular complexity index is 493. The van der Waals surface area contributed by atoms with E-state index in [1.807, 2.05) is 12.1 Å². The van der Waals surface area contributed by atoms with Crippen LogP contribution < -0.4 is 5.32 Å². The number of benzene rings is 1. The van der Waals surface area contributed by atoms with Crippen LogP contribution in [0.2, 0.25) is 0 Å². The second kappa shape index (κ2) is 5.71. The molecular weight excluding hydrogens is 248 g/mol.